The lowest BCUT2D eigenvalue weighted by Crippen LogP contribution is -2.50. The van der Waals surface area contributed by atoms with E-state index < -0.39 is 11.8 Å². The molecule has 1 saturated heterocycles. The van der Waals surface area contributed by atoms with Gasteiger partial charge in [0.05, 0.1) is 13.2 Å². The smallest absolute Gasteiger partial charge is 0.313 e. The number of anilines is 2. The van der Waals surface area contributed by atoms with Crippen LogP contribution in [0, 0.1) is 5.82 Å². The maximum absolute atomic E-state index is 13.3. The van der Waals surface area contributed by atoms with Crippen LogP contribution < -0.4 is 20.3 Å². The minimum absolute atomic E-state index is 0.146. The largest absolute Gasteiger partial charge is 0.497 e. The number of carbonyl (C=O) groups excluding carboxylic acids is 2. The van der Waals surface area contributed by atoms with Gasteiger partial charge in [-0.15, -0.1) is 0 Å². The summed E-state index contributed by atoms with van der Waals surface area (Å²) in [4.78, 5) is 33.7. The summed E-state index contributed by atoms with van der Waals surface area (Å²) in [6.45, 7) is 3.25. The highest BCUT2D eigenvalue weighted by molar-refractivity contribution is 6.39. The summed E-state index contributed by atoms with van der Waals surface area (Å²) in [5.74, 6) is -1.13. The molecular formula is C26H28FN5O3. The van der Waals surface area contributed by atoms with Crippen molar-refractivity contribution in [2.45, 2.75) is 6.04 Å². The fourth-order valence-electron chi connectivity index (χ4n) is 4.13. The van der Waals surface area contributed by atoms with Gasteiger partial charge in [-0.25, -0.2) is 4.39 Å². The van der Waals surface area contributed by atoms with Crippen molar-refractivity contribution >= 4 is 23.2 Å². The van der Waals surface area contributed by atoms with Gasteiger partial charge in [-0.1, -0.05) is 12.1 Å². The van der Waals surface area contributed by atoms with E-state index in [0.717, 1.165) is 37.4 Å². The number of piperazine rings is 1. The molecule has 0 aliphatic carbocycles. The molecule has 182 valence electrons. The summed E-state index contributed by atoms with van der Waals surface area (Å²) in [5, 5.41) is 5.37. The van der Waals surface area contributed by atoms with Crippen LogP contribution >= 0.6 is 0 Å². The standard InChI is InChI=1S/C26H28FN5O3/c1-35-23-6-2-5-21(16-23)30-26(34)25(33)29-18-24(19-4-3-11-28-17-19)32-14-12-31(13-15-32)22-9-7-20(27)8-10-22/h2-11,16-17,24H,12-15,18H2,1H3,(H,29,33)(H,30,34)/t24-/m1/s1. The van der Waals surface area contributed by atoms with Gasteiger partial charge >= 0.3 is 11.8 Å². The highest BCUT2D eigenvalue weighted by Gasteiger charge is 2.27. The molecule has 2 aromatic carbocycles. The maximum Gasteiger partial charge on any atom is 0.313 e. The Morgan fingerprint density at radius 3 is 2.49 bits per heavy atom. The molecule has 0 spiro atoms. The SMILES string of the molecule is COc1cccc(NC(=O)C(=O)NC[C@H](c2cccnc2)N2CCN(c3ccc(F)cc3)CC2)c1. The zero-order chi connectivity index (χ0) is 24.6. The number of amides is 2. The monoisotopic (exact) mass is 477 g/mol. The molecule has 2 amide bonds. The third-order valence-corrected chi connectivity index (χ3v) is 6.01. The predicted octanol–water partition coefficient (Wildman–Crippen LogP) is 2.85. The molecule has 2 heterocycles. The van der Waals surface area contributed by atoms with Crippen LogP contribution in [0.5, 0.6) is 5.75 Å². The van der Waals surface area contributed by atoms with E-state index in [9.17, 15) is 14.0 Å². The Hall–Kier alpha value is -3.98. The number of ether oxygens (including phenoxy) is 1. The van der Waals surface area contributed by atoms with Gasteiger partial charge in [0.15, 0.2) is 0 Å². The maximum atomic E-state index is 13.3. The lowest BCUT2D eigenvalue weighted by atomic mass is 10.1. The quantitative estimate of drug-likeness (QED) is 0.509. The number of pyridine rings is 1. The van der Waals surface area contributed by atoms with Gasteiger partial charge in [0.25, 0.3) is 0 Å². The van der Waals surface area contributed by atoms with Crippen molar-refractivity contribution in [2.75, 3.05) is 50.1 Å². The molecule has 3 aromatic rings. The molecule has 0 bridgehead atoms. The molecule has 1 aromatic heterocycles. The average Bonchev–Trinajstić information content (AvgIpc) is 2.90. The number of carbonyl (C=O) groups is 2. The number of nitrogens with one attached hydrogen (secondary N) is 2. The van der Waals surface area contributed by atoms with E-state index in [-0.39, 0.29) is 18.4 Å². The number of halogens is 1. The van der Waals surface area contributed by atoms with Crippen LogP contribution in [0.2, 0.25) is 0 Å². The summed E-state index contributed by atoms with van der Waals surface area (Å²) in [6.07, 6.45) is 3.48. The molecule has 1 fully saturated rings. The number of rotatable bonds is 7. The van der Waals surface area contributed by atoms with E-state index >= 15 is 0 Å². The van der Waals surface area contributed by atoms with Crippen LogP contribution in [-0.2, 0) is 9.59 Å². The first-order valence-corrected chi connectivity index (χ1v) is 11.4. The zero-order valence-corrected chi connectivity index (χ0v) is 19.5. The summed E-state index contributed by atoms with van der Waals surface area (Å²) in [6, 6.07) is 17.0. The molecule has 0 unspecified atom stereocenters. The first-order chi connectivity index (χ1) is 17.0. The molecule has 35 heavy (non-hydrogen) atoms. The van der Waals surface area contributed by atoms with Crippen LogP contribution in [0.1, 0.15) is 11.6 Å². The summed E-state index contributed by atoms with van der Waals surface area (Å²) < 4.78 is 18.4. The van der Waals surface area contributed by atoms with Crippen molar-refractivity contribution in [3.8, 4) is 5.75 Å². The number of nitrogens with zero attached hydrogens (tertiary/aromatic N) is 3. The fourth-order valence-corrected chi connectivity index (χ4v) is 4.13. The molecule has 4 rings (SSSR count). The Morgan fingerprint density at radius 2 is 1.80 bits per heavy atom. The molecule has 1 atom stereocenters. The Morgan fingerprint density at radius 1 is 1.03 bits per heavy atom. The van der Waals surface area contributed by atoms with Crippen LogP contribution in [-0.4, -0.2) is 61.5 Å². The van der Waals surface area contributed by atoms with E-state index in [1.54, 1.807) is 48.8 Å². The van der Waals surface area contributed by atoms with Crippen LogP contribution in [0.3, 0.4) is 0 Å². The van der Waals surface area contributed by atoms with E-state index in [1.807, 2.05) is 12.1 Å². The van der Waals surface area contributed by atoms with E-state index in [1.165, 1.54) is 19.2 Å². The number of hydrogen-bond acceptors (Lipinski definition) is 6. The average molecular weight is 478 g/mol. The molecule has 8 nitrogen and oxygen atoms in total. The minimum Gasteiger partial charge on any atom is -0.497 e. The Bertz CT molecular complexity index is 1140. The topological polar surface area (TPSA) is 86.8 Å². The fraction of sp³-hybridized carbons (Fsp3) is 0.269. The third kappa shape index (κ3) is 6.33. The molecular weight excluding hydrogens is 449 g/mol. The van der Waals surface area contributed by atoms with Crippen molar-refractivity contribution < 1.29 is 18.7 Å². The van der Waals surface area contributed by atoms with Gasteiger partial charge in [0, 0.05) is 62.6 Å². The van der Waals surface area contributed by atoms with E-state index in [4.69, 9.17) is 4.74 Å². The molecule has 9 heteroatoms. The Labute approximate surface area is 203 Å². The number of hydrogen-bond donors (Lipinski definition) is 2. The number of benzene rings is 2. The third-order valence-electron chi connectivity index (χ3n) is 6.01. The normalized spacial score (nSPS) is 14.7. The van der Waals surface area contributed by atoms with Crippen LogP contribution in [0.15, 0.2) is 73.1 Å². The van der Waals surface area contributed by atoms with Crippen molar-refractivity contribution in [1.82, 2.24) is 15.2 Å². The lowest BCUT2D eigenvalue weighted by Gasteiger charge is -2.40. The Kier molecular flexibility index (Phi) is 7.89. The summed E-state index contributed by atoms with van der Waals surface area (Å²) >= 11 is 0. The molecule has 1 aliphatic heterocycles. The molecule has 1 aliphatic rings. The van der Waals surface area contributed by atoms with Crippen LogP contribution in [0.25, 0.3) is 0 Å². The van der Waals surface area contributed by atoms with Crippen LogP contribution in [0.4, 0.5) is 15.8 Å². The van der Waals surface area contributed by atoms with Gasteiger partial charge < -0.3 is 20.3 Å². The Balaban J connectivity index is 1.38. The van der Waals surface area contributed by atoms with Gasteiger partial charge in [-0.2, -0.15) is 0 Å². The number of methoxy groups -OCH3 is 1. The van der Waals surface area contributed by atoms with Crippen molar-refractivity contribution in [3.05, 3.63) is 84.4 Å². The first-order valence-electron chi connectivity index (χ1n) is 11.4. The molecule has 0 saturated carbocycles. The zero-order valence-electron chi connectivity index (χ0n) is 19.5. The van der Waals surface area contributed by atoms with Gasteiger partial charge in [-0.3, -0.25) is 19.5 Å². The number of aromatic nitrogens is 1. The van der Waals surface area contributed by atoms with E-state index in [0.29, 0.717) is 11.4 Å². The highest BCUT2D eigenvalue weighted by Crippen LogP contribution is 2.24. The van der Waals surface area contributed by atoms with E-state index in [2.05, 4.69) is 25.4 Å². The van der Waals surface area contributed by atoms with Gasteiger partial charge in [0.1, 0.15) is 11.6 Å². The van der Waals surface area contributed by atoms with Crippen molar-refractivity contribution in [1.29, 1.82) is 0 Å². The summed E-state index contributed by atoms with van der Waals surface area (Å²) in [5.41, 5.74) is 2.41. The van der Waals surface area contributed by atoms with Crippen molar-refractivity contribution in [3.63, 3.8) is 0 Å². The second-order valence-electron chi connectivity index (χ2n) is 8.20. The summed E-state index contributed by atoms with van der Waals surface area (Å²) in [7, 11) is 1.53. The molecule has 0 radical (unpaired) electrons. The lowest BCUT2D eigenvalue weighted by molar-refractivity contribution is -0.136. The molecule has 2 N–H and O–H groups in total. The van der Waals surface area contributed by atoms with Crippen molar-refractivity contribution in [2.24, 2.45) is 0 Å². The highest BCUT2D eigenvalue weighted by atomic mass is 19.1. The van der Waals surface area contributed by atoms with Gasteiger partial charge in [0.2, 0.25) is 0 Å². The second kappa shape index (κ2) is 11.4. The van der Waals surface area contributed by atoms with Gasteiger partial charge in [-0.05, 0) is 48.0 Å². The first kappa shape index (κ1) is 24.2. The minimum atomic E-state index is -0.746. The predicted molar refractivity (Wildman–Crippen MR) is 132 cm³/mol. The second-order valence-corrected chi connectivity index (χ2v) is 8.20.